The highest BCUT2D eigenvalue weighted by Crippen LogP contribution is 2.29. The number of nitrogens with zero attached hydrogens (tertiary/aromatic N) is 1. The van der Waals surface area contributed by atoms with Gasteiger partial charge in [-0.15, -0.1) is 0 Å². The van der Waals surface area contributed by atoms with Crippen molar-refractivity contribution in [3.05, 3.63) is 59.9 Å². The quantitative estimate of drug-likeness (QED) is 0.765. The molecule has 6 heteroatoms. The van der Waals surface area contributed by atoms with Gasteiger partial charge in [0.2, 0.25) is 5.91 Å². The Morgan fingerprint density at radius 2 is 1.81 bits per heavy atom. The number of nitrogens with one attached hydrogen (secondary N) is 1. The fourth-order valence-electron chi connectivity index (χ4n) is 2.70. The van der Waals surface area contributed by atoms with Gasteiger partial charge in [-0.05, 0) is 41.7 Å². The van der Waals surface area contributed by atoms with Crippen molar-refractivity contribution in [3.63, 3.8) is 0 Å². The lowest BCUT2D eigenvalue weighted by molar-refractivity contribution is -0.121. The Labute approximate surface area is 155 Å². The third kappa shape index (κ3) is 4.91. The summed E-state index contributed by atoms with van der Waals surface area (Å²) in [6, 6.07) is 10.4. The van der Waals surface area contributed by atoms with Crippen molar-refractivity contribution in [1.82, 2.24) is 10.3 Å². The average Bonchev–Trinajstić information content (AvgIpc) is 2.63. The van der Waals surface area contributed by atoms with Crippen LogP contribution in [-0.2, 0) is 14.6 Å². The fourth-order valence-corrected chi connectivity index (χ4v) is 4.35. The summed E-state index contributed by atoms with van der Waals surface area (Å²) < 4.78 is 26.4. The lowest BCUT2D eigenvalue weighted by atomic mass is 10.0. The molecule has 0 unspecified atom stereocenters. The van der Waals surface area contributed by atoms with E-state index < -0.39 is 15.1 Å². The van der Waals surface area contributed by atoms with Gasteiger partial charge in [0.25, 0.3) is 0 Å². The molecule has 5 nitrogen and oxygen atoms in total. The summed E-state index contributed by atoms with van der Waals surface area (Å²) in [4.78, 5) is 16.1. The number of amides is 1. The normalized spacial score (nSPS) is 12.8. The molecule has 1 atom stereocenters. The van der Waals surface area contributed by atoms with Crippen molar-refractivity contribution in [2.24, 2.45) is 0 Å². The lowest BCUT2D eigenvalue weighted by Gasteiger charge is -2.19. The summed E-state index contributed by atoms with van der Waals surface area (Å²) in [5, 5.41) is 1.87. The molecule has 1 aromatic heterocycles. The summed E-state index contributed by atoms with van der Waals surface area (Å²) in [5.74, 6) is 0.181. The smallest absolute Gasteiger partial charge is 0.220 e. The van der Waals surface area contributed by atoms with Crippen LogP contribution in [-0.4, -0.2) is 25.9 Å². The van der Waals surface area contributed by atoms with Crippen LogP contribution in [0.15, 0.2) is 53.7 Å². The molecule has 0 aliphatic heterocycles. The minimum absolute atomic E-state index is 0.0266. The second kappa shape index (κ2) is 8.94. The first-order valence-corrected chi connectivity index (χ1v) is 10.4. The summed E-state index contributed by atoms with van der Waals surface area (Å²) in [6.07, 6.45) is 4.23. The molecule has 1 heterocycles. The van der Waals surface area contributed by atoms with Gasteiger partial charge in [0.15, 0.2) is 9.84 Å². The molecular formula is C20H26N2O3S. The molecule has 0 spiro atoms. The Kier molecular flexibility index (Phi) is 6.91. The zero-order valence-electron chi connectivity index (χ0n) is 15.5. The number of sulfone groups is 1. The van der Waals surface area contributed by atoms with Gasteiger partial charge in [-0.2, -0.15) is 0 Å². The third-order valence-electron chi connectivity index (χ3n) is 4.27. The zero-order chi connectivity index (χ0) is 19.2. The van der Waals surface area contributed by atoms with Crippen molar-refractivity contribution >= 4 is 15.7 Å². The molecule has 0 fully saturated rings. The Hall–Kier alpha value is -2.21. The molecule has 1 amide bonds. The Morgan fingerprint density at radius 3 is 2.35 bits per heavy atom. The van der Waals surface area contributed by atoms with E-state index in [0.29, 0.717) is 24.3 Å². The van der Waals surface area contributed by atoms with Crippen LogP contribution in [0.4, 0.5) is 0 Å². The molecule has 0 aliphatic carbocycles. The first-order chi connectivity index (χ1) is 12.4. The predicted octanol–water partition coefficient (Wildman–Crippen LogP) is 3.64. The van der Waals surface area contributed by atoms with Crippen LogP contribution in [0.25, 0.3) is 0 Å². The van der Waals surface area contributed by atoms with E-state index in [-0.39, 0.29) is 17.3 Å². The number of rotatable bonds is 8. The maximum absolute atomic E-state index is 13.2. The van der Waals surface area contributed by atoms with Crippen molar-refractivity contribution in [2.45, 2.75) is 49.7 Å². The van der Waals surface area contributed by atoms with Gasteiger partial charge < -0.3 is 5.32 Å². The molecule has 2 aromatic rings. The zero-order valence-corrected chi connectivity index (χ0v) is 16.3. The predicted molar refractivity (Wildman–Crippen MR) is 103 cm³/mol. The van der Waals surface area contributed by atoms with E-state index in [0.717, 1.165) is 5.56 Å². The van der Waals surface area contributed by atoms with E-state index in [1.165, 1.54) is 6.20 Å². The number of hydrogen-bond acceptors (Lipinski definition) is 4. The minimum atomic E-state index is -3.66. The number of carbonyl (C=O) groups is 1. The molecular weight excluding hydrogens is 348 g/mol. The Morgan fingerprint density at radius 1 is 1.12 bits per heavy atom. The number of aromatic nitrogens is 1. The van der Waals surface area contributed by atoms with Crippen LogP contribution in [0, 0.1) is 0 Å². The largest absolute Gasteiger partial charge is 0.354 e. The second-order valence-corrected chi connectivity index (χ2v) is 8.73. The summed E-state index contributed by atoms with van der Waals surface area (Å²) >= 11 is 0. The van der Waals surface area contributed by atoms with E-state index >= 15 is 0 Å². The van der Waals surface area contributed by atoms with Gasteiger partial charge >= 0.3 is 0 Å². The number of carbonyl (C=O) groups excluding carboxylic acids is 1. The van der Waals surface area contributed by atoms with E-state index in [1.54, 1.807) is 30.5 Å². The van der Waals surface area contributed by atoms with Crippen LogP contribution in [0.3, 0.4) is 0 Å². The second-order valence-electron chi connectivity index (χ2n) is 6.60. The van der Waals surface area contributed by atoms with Crippen LogP contribution in [0.2, 0.25) is 0 Å². The summed E-state index contributed by atoms with van der Waals surface area (Å²) in [5.41, 5.74) is 1.65. The van der Waals surface area contributed by atoms with Gasteiger partial charge in [-0.3, -0.25) is 9.78 Å². The molecule has 0 saturated heterocycles. The van der Waals surface area contributed by atoms with Crippen molar-refractivity contribution in [1.29, 1.82) is 0 Å². The molecule has 140 valence electrons. The molecule has 1 N–H and O–H groups in total. The van der Waals surface area contributed by atoms with E-state index in [2.05, 4.69) is 24.1 Å². The highest BCUT2D eigenvalue weighted by atomic mass is 32.2. The highest BCUT2D eigenvalue weighted by Gasteiger charge is 2.29. The lowest BCUT2D eigenvalue weighted by Crippen LogP contribution is -2.31. The van der Waals surface area contributed by atoms with Crippen LogP contribution in [0.5, 0.6) is 0 Å². The molecule has 2 rings (SSSR count). The van der Waals surface area contributed by atoms with E-state index in [1.807, 2.05) is 19.1 Å². The van der Waals surface area contributed by atoms with Gasteiger partial charge in [-0.25, -0.2) is 8.42 Å². The summed E-state index contributed by atoms with van der Waals surface area (Å²) in [7, 11) is -3.66. The monoisotopic (exact) mass is 374 g/mol. The molecule has 0 saturated carbocycles. The first kappa shape index (κ1) is 20.1. The van der Waals surface area contributed by atoms with Crippen LogP contribution in [0.1, 0.15) is 55.9 Å². The van der Waals surface area contributed by atoms with Crippen molar-refractivity contribution in [3.8, 4) is 0 Å². The van der Waals surface area contributed by atoms with Crippen LogP contribution < -0.4 is 5.32 Å². The maximum Gasteiger partial charge on any atom is 0.220 e. The number of pyridine rings is 1. The van der Waals surface area contributed by atoms with Gasteiger partial charge in [0, 0.05) is 25.4 Å². The molecule has 0 aliphatic rings. The minimum Gasteiger partial charge on any atom is -0.354 e. The van der Waals surface area contributed by atoms with Gasteiger partial charge in [0.05, 0.1) is 4.90 Å². The third-order valence-corrected chi connectivity index (χ3v) is 6.38. The Bertz CT molecular complexity index is 816. The summed E-state index contributed by atoms with van der Waals surface area (Å²) in [6.45, 7) is 6.06. The molecule has 1 aromatic carbocycles. The van der Waals surface area contributed by atoms with E-state index in [9.17, 15) is 13.2 Å². The van der Waals surface area contributed by atoms with E-state index in [4.69, 9.17) is 0 Å². The standard InChI is InChI=1S/C20H26N2O3S/c1-4-6-20(23)22-14-19(17-7-5-12-21-13-17)26(24,25)18-10-8-16(9-11-18)15(2)3/h5,7-13,15,19H,4,6,14H2,1-3H3,(H,22,23)/t19-/m0/s1. The number of benzene rings is 1. The Balaban J connectivity index is 2.34. The topological polar surface area (TPSA) is 76.1 Å². The SMILES string of the molecule is CCCC(=O)NC[C@@H](c1cccnc1)S(=O)(=O)c1ccc(C(C)C)cc1. The fraction of sp³-hybridized carbons (Fsp3) is 0.400. The van der Waals surface area contributed by atoms with Gasteiger partial charge in [0.1, 0.15) is 5.25 Å². The molecule has 0 bridgehead atoms. The molecule has 0 radical (unpaired) electrons. The highest BCUT2D eigenvalue weighted by molar-refractivity contribution is 7.91. The van der Waals surface area contributed by atoms with Crippen molar-refractivity contribution in [2.75, 3.05) is 6.54 Å². The number of hydrogen-bond donors (Lipinski definition) is 1. The first-order valence-electron chi connectivity index (χ1n) is 8.86. The molecule has 26 heavy (non-hydrogen) atoms. The maximum atomic E-state index is 13.2. The van der Waals surface area contributed by atoms with Crippen LogP contribution >= 0.6 is 0 Å². The van der Waals surface area contributed by atoms with Crippen molar-refractivity contribution < 1.29 is 13.2 Å². The van der Waals surface area contributed by atoms with Gasteiger partial charge in [-0.1, -0.05) is 39.0 Å². The average molecular weight is 375 g/mol.